The lowest BCUT2D eigenvalue weighted by molar-refractivity contribution is 0.0706. The summed E-state index contributed by atoms with van der Waals surface area (Å²) in [5.74, 6) is 0.163. The van der Waals surface area contributed by atoms with Crippen LogP contribution in [0.5, 0.6) is 0 Å². The molecular weight excluding hydrogens is 334 g/mol. The van der Waals surface area contributed by atoms with Crippen molar-refractivity contribution in [1.29, 1.82) is 0 Å². The van der Waals surface area contributed by atoms with Gasteiger partial charge in [0, 0.05) is 36.2 Å². The fourth-order valence-electron chi connectivity index (χ4n) is 3.69. The number of rotatable bonds is 3. The predicted molar refractivity (Wildman–Crippen MR) is 105 cm³/mol. The lowest BCUT2D eigenvalue weighted by atomic mass is 10.0. The number of nitrogens with one attached hydrogen (secondary N) is 1. The number of amides is 1. The maximum Gasteiger partial charge on any atom is 0.255 e. The zero-order valence-electron chi connectivity index (χ0n) is 15.5. The highest BCUT2D eigenvalue weighted by Gasteiger charge is 2.25. The minimum absolute atomic E-state index is 0. The summed E-state index contributed by atoms with van der Waals surface area (Å²) in [5.41, 5.74) is 5.31. The van der Waals surface area contributed by atoms with Crippen molar-refractivity contribution in [3.8, 4) is 5.69 Å². The number of piperidine rings is 1. The van der Waals surface area contributed by atoms with Crippen molar-refractivity contribution in [1.82, 2.24) is 14.8 Å². The van der Waals surface area contributed by atoms with Crippen LogP contribution in [-0.2, 0) is 0 Å². The van der Waals surface area contributed by atoms with Crippen LogP contribution in [0.2, 0.25) is 0 Å². The zero-order chi connectivity index (χ0) is 17.3. The van der Waals surface area contributed by atoms with Gasteiger partial charge >= 0.3 is 0 Å². The van der Waals surface area contributed by atoms with Gasteiger partial charge in [-0.25, -0.2) is 0 Å². The Morgan fingerprint density at radius 1 is 1.12 bits per heavy atom. The fourth-order valence-corrected chi connectivity index (χ4v) is 3.69. The third-order valence-corrected chi connectivity index (χ3v) is 5.11. The van der Waals surface area contributed by atoms with Gasteiger partial charge in [0.2, 0.25) is 0 Å². The molecule has 1 aromatic carbocycles. The van der Waals surface area contributed by atoms with E-state index in [0.717, 1.165) is 48.6 Å². The molecule has 2 aromatic rings. The molecule has 2 heterocycles. The Bertz CT molecular complexity index is 745. The van der Waals surface area contributed by atoms with Gasteiger partial charge in [-0.2, -0.15) is 0 Å². The van der Waals surface area contributed by atoms with Gasteiger partial charge in [0.25, 0.3) is 5.91 Å². The van der Waals surface area contributed by atoms with Crippen molar-refractivity contribution in [2.45, 2.75) is 39.7 Å². The molecule has 1 N–H and O–H groups in total. The first kappa shape index (κ1) is 19.5. The van der Waals surface area contributed by atoms with Gasteiger partial charge in [-0.05, 0) is 64.4 Å². The standard InChI is InChI=1S/C20H27N3O.ClH/c1-14-6-5-7-18(12-14)23-15(2)13-19(16(23)3)20(24)22-10-8-17(21-4)9-11-22;/h5-7,12-13,17,21H,8-11H2,1-4H3;1H. The second-order valence-electron chi connectivity index (χ2n) is 6.81. The maximum absolute atomic E-state index is 13.0. The first-order chi connectivity index (χ1) is 11.5. The number of hydrogen-bond acceptors (Lipinski definition) is 2. The van der Waals surface area contributed by atoms with Crippen LogP contribution < -0.4 is 5.32 Å². The molecule has 1 aromatic heterocycles. The number of halogens is 1. The lowest BCUT2D eigenvalue weighted by Gasteiger charge is -2.31. The van der Waals surface area contributed by atoms with Crippen molar-refractivity contribution in [2.75, 3.05) is 20.1 Å². The second kappa shape index (κ2) is 8.07. The minimum Gasteiger partial charge on any atom is -0.338 e. The van der Waals surface area contributed by atoms with E-state index < -0.39 is 0 Å². The summed E-state index contributed by atoms with van der Waals surface area (Å²) in [5, 5.41) is 3.31. The molecule has 1 amide bonds. The van der Waals surface area contributed by atoms with Crippen LogP contribution in [-0.4, -0.2) is 41.6 Å². The van der Waals surface area contributed by atoms with E-state index in [4.69, 9.17) is 0 Å². The summed E-state index contributed by atoms with van der Waals surface area (Å²) in [7, 11) is 2.00. The van der Waals surface area contributed by atoms with Crippen molar-refractivity contribution in [3.63, 3.8) is 0 Å². The van der Waals surface area contributed by atoms with Crippen molar-refractivity contribution in [3.05, 3.63) is 52.8 Å². The molecule has 1 aliphatic rings. The molecule has 1 aliphatic heterocycles. The maximum atomic E-state index is 13.0. The molecule has 136 valence electrons. The van der Waals surface area contributed by atoms with E-state index in [2.05, 4.69) is 48.0 Å². The lowest BCUT2D eigenvalue weighted by Crippen LogP contribution is -2.44. The van der Waals surface area contributed by atoms with Crippen LogP contribution >= 0.6 is 12.4 Å². The monoisotopic (exact) mass is 361 g/mol. The molecule has 0 saturated carbocycles. The van der Waals surface area contributed by atoms with E-state index in [1.165, 1.54) is 5.56 Å². The summed E-state index contributed by atoms with van der Waals surface area (Å²) >= 11 is 0. The van der Waals surface area contributed by atoms with E-state index in [-0.39, 0.29) is 18.3 Å². The van der Waals surface area contributed by atoms with Crippen molar-refractivity contribution < 1.29 is 4.79 Å². The number of aryl methyl sites for hydroxylation is 2. The second-order valence-corrected chi connectivity index (χ2v) is 6.81. The largest absolute Gasteiger partial charge is 0.338 e. The fraction of sp³-hybridized carbons (Fsp3) is 0.450. The summed E-state index contributed by atoms with van der Waals surface area (Å²) < 4.78 is 2.18. The van der Waals surface area contributed by atoms with Crippen molar-refractivity contribution >= 4 is 18.3 Å². The summed E-state index contributed by atoms with van der Waals surface area (Å²) in [6.07, 6.45) is 2.05. The van der Waals surface area contributed by atoms with E-state index in [1.807, 2.05) is 24.9 Å². The predicted octanol–water partition coefficient (Wildman–Crippen LogP) is 3.65. The van der Waals surface area contributed by atoms with Crippen LogP contribution in [0.25, 0.3) is 5.69 Å². The minimum atomic E-state index is 0. The molecule has 0 atom stereocenters. The Morgan fingerprint density at radius 3 is 2.40 bits per heavy atom. The Morgan fingerprint density at radius 2 is 1.80 bits per heavy atom. The van der Waals surface area contributed by atoms with Gasteiger partial charge in [0.1, 0.15) is 0 Å². The zero-order valence-corrected chi connectivity index (χ0v) is 16.3. The molecule has 0 spiro atoms. The first-order valence-electron chi connectivity index (χ1n) is 8.73. The molecule has 3 rings (SSSR count). The van der Waals surface area contributed by atoms with Gasteiger partial charge in [-0.15, -0.1) is 12.4 Å². The first-order valence-corrected chi connectivity index (χ1v) is 8.73. The van der Waals surface area contributed by atoms with Crippen LogP contribution in [0.3, 0.4) is 0 Å². The highest BCUT2D eigenvalue weighted by Crippen LogP contribution is 2.24. The molecule has 0 unspecified atom stereocenters. The number of likely N-dealkylation sites (tertiary alicyclic amines) is 1. The third kappa shape index (κ3) is 3.91. The smallest absolute Gasteiger partial charge is 0.255 e. The quantitative estimate of drug-likeness (QED) is 0.906. The Balaban J connectivity index is 0.00000225. The van der Waals surface area contributed by atoms with Gasteiger partial charge < -0.3 is 14.8 Å². The topological polar surface area (TPSA) is 37.3 Å². The Kier molecular flexibility index (Phi) is 6.31. The van der Waals surface area contributed by atoms with Crippen LogP contribution in [0, 0.1) is 20.8 Å². The number of nitrogens with zero attached hydrogens (tertiary/aromatic N) is 2. The third-order valence-electron chi connectivity index (χ3n) is 5.11. The molecule has 1 fully saturated rings. The average Bonchev–Trinajstić information content (AvgIpc) is 2.89. The van der Waals surface area contributed by atoms with E-state index in [0.29, 0.717) is 6.04 Å². The highest BCUT2D eigenvalue weighted by atomic mass is 35.5. The number of hydrogen-bond donors (Lipinski definition) is 1. The SMILES string of the molecule is CNC1CCN(C(=O)c2cc(C)n(-c3cccc(C)c3)c2C)CC1.Cl. The van der Waals surface area contributed by atoms with Crippen LogP contribution in [0.15, 0.2) is 30.3 Å². The molecule has 0 radical (unpaired) electrons. The number of aromatic nitrogens is 1. The summed E-state index contributed by atoms with van der Waals surface area (Å²) in [6.45, 7) is 7.87. The molecule has 0 bridgehead atoms. The van der Waals surface area contributed by atoms with Crippen molar-refractivity contribution in [2.24, 2.45) is 0 Å². The molecule has 25 heavy (non-hydrogen) atoms. The Hall–Kier alpha value is -1.78. The van der Waals surface area contributed by atoms with Gasteiger partial charge in [0.15, 0.2) is 0 Å². The van der Waals surface area contributed by atoms with E-state index in [9.17, 15) is 4.79 Å². The van der Waals surface area contributed by atoms with Crippen LogP contribution in [0.1, 0.15) is 40.2 Å². The molecule has 0 aliphatic carbocycles. The van der Waals surface area contributed by atoms with E-state index in [1.54, 1.807) is 0 Å². The normalized spacial score (nSPS) is 15.1. The number of carbonyl (C=O) groups excluding carboxylic acids is 1. The average molecular weight is 362 g/mol. The summed E-state index contributed by atoms with van der Waals surface area (Å²) in [4.78, 5) is 15.0. The van der Waals surface area contributed by atoms with Gasteiger partial charge in [-0.1, -0.05) is 12.1 Å². The molecule has 1 saturated heterocycles. The molecular formula is C20H28ClN3O. The Labute approximate surface area is 156 Å². The van der Waals surface area contributed by atoms with Gasteiger partial charge in [-0.3, -0.25) is 4.79 Å². The van der Waals surface area contributed by atoms with Crippen LogP contribution in [0.4, 0.5) is 0 Å². The number of benzene rings is 1. The van der Waals surface area contributed by atoms with Gasteiger partial charge in [0.05, 0.1) is 5.56 Å². The molecule has 4 nitrogen and oxygen atoms in total. The molecule has 5 heteroatoms. The number of carbonyl (C=O) groups is 1. The van der Waals surface area contributed by atoms with E-state index >= 15 is 0 Å². The summed E-state index contributed by atoms with van der Waals surface area (Å²) in [6, 6.07) is 11.0. The highest BCUT2D eigenvalue weighted by molar-refractivity contribution is 5.96.